The second kappa shape index (κ2) is 9.06. The summed E-state index contributed by atoms with van der Waals surface area (Å²) in [6.07, 6.45) is -9.03. The summed E-state index contributed by atoms with van der Waals surface area (Å²) in [5.41, 5.74) is 0.249. The molecular weight excluding hydrogens is 416 g/mol. The Morgan fingerprint density at radius 2 is 1.57 bits per heavy atom. The highest BCUT2D eigenvalue weighted by molar-refractivity contribution is 5.96. The number of carbonyl (C=O) groups excluding carboxylic acids is 2. The van der Waals surface area contributed by atoms with E-state index in [0.717, 1.165) is 24.3 Å². The molecular formula is C19H17F6N3O2. The molecule has 0 atom stereocenters. The van der Waals surface area contributed by atoms with Crippen LogP contribution in [0.15, 0.2) is 42.5 Å². The molecule has 3 N–H and O–H groups in total. The van der Waals surface area contributed by atoms with Gasteiger partial charge in [-0.15, -0.1) is 0 Å². The molecule has 0 saturated carbocycles. The normalized spacial score (nSPS) is 11.7. The number of nitrogens with one attached hydrogen (secondary N) is 3. The van der Waals surface area contributed by atoms with Crippen molar-refractivity contribution in [2.45, 2.75) is 19.3 Å². The second-order valence-corrected chi connectivity index (χ2v) is 6.30. The number of hydrogen-bond donors (Lipinski definition) is 3. The topological polar surface area (TPSA) is 70.2 Å². The van der Waals surface area contributed by atoms with E-state index < -0.39 is 36.3 Å². The third-order valence-corrected chi connectivity index (χ3v) is 3.88. The van der Waals surface area contributed by atoms with Gasteiger partial charge in [-0.25, -0.2) is 0 Å². The van der Waals surface area contributed by atoms with Gasteiger partial charge < -0.3 is 16.0 Å². The fraction of sp³-hybridized carbons (Fsp3) is 0.263. The van der Waals surface area contributed by atoms with E-state index in [1.165, 1.54) is 18.2 Å². The summed E-state index contributed by atoms with van der Waals surface area (Å²) in [6.45, 7) is -0.0962. The Bertz CT molecular complexity index is 908. The first-order chi connectivity index (χ1) is 13.8. The molecule has 0 radical (unpaired) electrons. The van der Waals surface area contributed by atoms with Crippen molar-refractivity contribution in [3.8, 4) is 0 Å². The summed E-state index contributed by atoms with van der Waals surface area (Å²) in [5, 5.41) is 6.90. The maximum absolute atomic E-state index is 12.5. The number of alkyl halides is 6. The third kappa shape index (κ3) is 6.98. The van der Waals surface area contributed by atoms with E-state index >= 15 is 0 Å². The van der Waals surface area contributed by atoms with E-state index in [0.29, 0.717) is 11.3 Å². The summed E-state index contributed by atoms with van der Waals surface area (Å²) in [6, 6.07) is 8.02. The largest absolute Gasteiger partial charge is 0.416 e. The molecule has 0 fully saturated rings. The first kappa shape index (κ1) is 23.0. The highest BCUT2D eigenvalue weighted by Gasteiger charge is 2.30. The number of anilines is 2. The lowest BCUT2D eigenvalue weighted by Gasteiger charge is -2.13. The minimum absolute atomic E-state index is 0.0319. The van der Waals surface area contributed by atoms with Crippen molar-refractivity contribution in [1.29, 1.82) is 0 Å². The Hall–Kier alpha value is -3.24. The highest BCUT2D eigenvalue weighted by Crippen LogP contribution is 2.29. The van der Waals surface area contributed by atoms with Gasteiger partial charge in [0.2, 0.25) is 5.91 Å². The van der Waals surface area contributed by atoms with Crippen LogP contribution in [0.25, 0.3) is 0 Å². The molecule has 30 heavy (non-hydrogen) atoms. The van der Waals surface area contributed by atoms with Gasteiger partial charge in [-0.2, -0.15) is 26.3 Å². The summed E-state index contributed by atoms with van der Waals surface area (Å²) in [5.74, 6) is -1.49. The summed E-state index contributed by atoms with van der Waals surface area (Å²) >= 11 is 0. The van der Waals surface area contributed by atoms with Gasteiger partial charge in [0, 0.05) is 16.9 Å². The van der Waals surface area contributed by atoms with Crippen LogP contribution >= 0.6 is 0 Å². The molecule has 0 saturated heterocycles. The van der Waals surface area contributed by atoms with Crippen molar-refractivity contribution in [2.24, 2.45) is 0 Å². The van der Waals surface area contributed by atoms with Crippen LogP contribution in [0.3, 0.4) is 0 Å². The maximum atomic E-state index is 12.5. The van der Waals surface area contributed by atoms with Gasteiger partial charge >= 0.3 is 12.4 Å². The van der Waals surface area contributed by atoms with Crippen LogP contribution in [-0.4, -0.2) is 31.1 Å². The molecule has 0 unspecified atom stereocenters. The molecule has 5 nitrogen and oxygen atoms in total. The Morgan fingerprint density at radius 3 is 2.13 bits per heavy atom. The molecule has 0 aliphatic carbocycles. The van der Waals surface area contributed by atoms with Gasteiger partial charge in [0.1, 0.15) is 6.54 Å². The SMILES string of the molecule is Cc1ccc(C(=O)NCC(F)(F)F)cc1NCC(=O)Nc1ccc(C(F)(F)F)cc1. The summed E-state index contributed by atoms with van der Waals surface area (Å²) in [4.78, 5) is 23.8. The van der Waals surface area contributed by atoms with Crippen LogP contribution in [0.1, 0.15) is 21.5 Å². The molecule has 2 rings (SSSR count). The van der Waals surface area contributed by atoms with Gasteiger partial charge in [-0.05, 0) is 48.9 Å². The molecule has 162 valence electrons. The van der Waals surface area contributed by atoms with E-state index in [4.69, 9.17) is 0 Å². The number of benzene rings is 2. The average molecular weight is 433 g/mol. The fourth-order valence-electron chi connectivity index (χ4n) is 2.36. The minimum atomic E-state index is -4.54. The van der Waals surface area contributed by atoms with Crippen LogP contribution in [0.5, 0.6) is 0 Å². The van der Waals surface area contributed by atoms with Crippen LogP contribution in [0, 0.1) is 6.92 Å². The van der Waals surface area contributed by atoms with Crippen molar-refractivity contribution in [1.82, 2.24) is 5.32 Å². The highest BCUT2D eigenvalue weighted by atomic mass is 19.4. The minimum Gasteiger partial charge on any atom is -0.376 e. The fourth-order valence-corrected chi connectivity index (χ4v) is 2.36. The molecule has 0 aliphatic heterocycles. The summed E-state index contributed by atoms with van der Waals surface area (Å²) in [7, 11) is 0. The zero-order valence-electron chi connectivity index (χ0n) is 15.5. The molecule has 0 spiro atoms. The zero-order chi connectivity index (χ0) is 22.5. The lowest BCUT2D eigenvalue weighted by molar-refractivity contribution is -0.137. The first-order valence-electron chi connectivity index (χ1n) is 8.52. The number of carbonyl (C=O) groups is 2. The standard InChI is InChI=1S/C19H17F6N3O2/c1-11-2-3-12(17(30)27-10-18(20,21)22)8-15(11)26-9-16(29)28-14-6-4-13(5-7-14)19(23,24)25/h2-8,26H,9-10H2,1H3,(H,27,30)(H,28,29). The van der Waals surface area contributed by atoms with Crippen LogP contribution in [0.2, 0.25) is 0 Å². The van der Waals surface area contributed by atoms with Gasteiger partial charge in [0.15, 0.2) is 0 Å². The van der Waals surface area contributed by atoms with Crippen molar-refractivity contribution in [3.05, 3.63) is 59.2 Å². The third-order valence-electron chi connectivity index (χ3n) is 3.88. The van der Waals surface area contributed by atoms with Crippen molar-refractivity contribution >= 4 is 23.2 Å². The lowest BCUT2D eigenvalue weighted by Crippen LogP contribution is -2.33. The molecule has 2 amide bonds. The Labute approximate surface area is 167 Å². The number of amides is 2. The smallest absolute Gasteiger partial charge is 0.376 e. The van der Waals surface area contributed by atoms with Gasteiger partial charge in [-0.3, -0.25) is 9.59 Å². The first-order valence-corrected chi connectivity index (χ1v) is 8.52. The van der Waals surface area contributed by atoms with Gasteiger partial charge in [0.25, 0.3) is 5.91 Å². The van der Waals surface area contributed by atoms with Crippen LogP contribution in [0.4, 0.5) is 37.7 Å². The van der Waals surface area contributed by atoms with Crippen molar-refractivity contribution in [2.75, 3.05) is 23.7 Å². The van der Waals surface area contributed by atoms with E-state index in [2.05, 4.69) is 10.6 Å². The number of hydrogen-bond acceptors (Lipinski definition) is 3. The predicted octanol–water partition coefficient (Wildman–Crippen LogP) is 4.36. The molecule has 0 aliphatic rings. The van der Waals surface area contributed by atoms with E-state index in [9.17, 15) is 35.9 Å². The van der Waals surface area contributed by atoms with Crippen LogP contribution in [-0.2, 0) is 11.0 Å². The quantitative estimate of drug-likeness (QED) is 0.593. The van der Waals surface area contributed by atoms with E-state index in [1.54, 1.807) is 12.2 Å². The predicted molar refractivity (Wildman–Crippen MR) is 98.1 cm³/mol. The molecule has 2 aromatic rings. The van der Waals surface area contributed by atoms with E-state index in [1.807, 2.05) is 0 Å². The van der Waals surface area contributed by atoms with Crippen LogP contribution < -0.4 is 16.0 Å². The molecule has 2 aromatic carbocycles. The Balaban J connectivity index is 1.96. The number of halogens is 6. The monoisotopic (exact) mass is 433 g/mol. The average Bonchev–Trinajstić information content (AvgIpc) is 2.64. The Morgan fingerprint density at radius 1 is 0.933 bits per heavy atom. The van der Waals surface area contributed by atoms with Gasteiger partial charge in [-0.1, -0.05) is 6.07 Å². The molecule has 0 heterocycles. The summed E-state index contributed by atoms with van der Waals surface area (Å²) < 4.78 is 74.3. The number of aryl methyl sites for hydroxylation is 1. The second-order valence-electron chi connectivity index (χ2n) is 6.30. The molecule has 0 bridgehead atoms. The van der Waals surface area contributed by atoms with Crippen molar-refractivity contribution in [3.63, 3.8) is 0 Å². The zero-order valence-corrected chi connectivity index (χ0v) is 15.5. The molecule has 11 heteroatoms. The number of rotatable bonds is 6. The molecule has 0 aromatic heterocycles. The maximum Gasteiger partial charge on any atom is 0.416 e. The van der Waals surface area contributed by atoms with Crippen molar-refractivity contribution < 1.29 is 35.9 Å². The Kier molecular flexibility index (Phi) is 6.96. The lowest BCUT2D eigenvalue weighted by atomic mass is 10.1. The van der Waals surface area contributed by atoms with Gasteiger partial charge in [0.05, 0.1) is 12.1 Å². The van der Waals surface area contributed by atoms with E-state index in [-0.39, 0.29) is 17.8 Å².